The quantitative estimate of drug-likeness (QED) is 0.397. The third-order valence-electron chi connectivity index (χ3n) is 6.11. The number of halogens is 1. The van der Waals surface area contributed by atoms with E-state index in [4.69, 9.17) is 11.6 Å². The number of aromatic nitrogens is 1. The number of benzene rings is 1. The van der Waals surface area contributed by atoms with Crippen LogP contribution in [0.5, 0.6) is 0 Å². The molecular weight excluding hydrogens is 422 g/mol. The van der Waals surface area contributed by atoms with Gasteiger partial charge in [-0.25, -0.2) is 0 Å². The van der Waals surface area contributed by atoms with E-state index in [-0.39, 0.29) is 5.91 Å². The van der Waals surface area contributed by atoms with Crippen LogP contribution in [0.15, 0.2) is 77.8 Å². The first-order chi connectivity index (χ1) is 15.6. The van der Waals surface area contributed by atoms with Crippen molar-refractivity contribution < 1.29 is 10.0 Å². The van der Waals surface area contributed by atoms with Crippen LogP contribution in [0.4, 0.5) is 0 Å². The van der Waals surface area contributed by atoms with Crippen LogP contribution in [-0.4, -0.2) is 39.8 Å². The van der Waals surface area contributed by atoms with Crippen molar-refractivity contribution >= 4 is 28.8 Å². The number of rotatable bonds is 3. The number of allylic oxidation sites excluding steroid dienone is 4. The van der Waals surface area contributed by atoms with Crippen LogP contribution in [0, 0.1) is 0 Å². The third kappa shape index (κ3) is 4.68. The summed E-state index contributed by atoms with van der Waals surface area (Å²) in [5.41, 5.74) is 6.82. The number of hydrogen-bond donors (Lipinski definition) is 1. The number of fused-ring (bicyclic) bond motifs is 1. The molecule has 1 aliphatic carbocycles. The molecule has 0 radical (unpaired) electrons. The molecule has 2 heterocycles. The maximum Gasteiger partial charge on any atom is 0.227 e. The Kier molecular flexibility index (Phi) is 6.86. The van der Waals surface area contributed by atoms with Gasteiger partial charge in [-0.1, -0.05) is 53.2 Å². The Morgan fingerprint density at radius 2 is 2.03 bits per heavy atom. The Labute approximate surface area is 193 Å². The Hall–Kier alpha value is -3.18. The van der Waals surface area contributed by atoms with Crippen LogP contribution in [-0.2, 0) is 17.6 Å². The SMILES string of the molecule is C=C/C=C1/CCc2cc(Cl)ccc2C(=C2CCN(C(=O)Cc3cccnc3)CC2)/C1=N\O. The van der Waals surface area contributed by atoms with E-state index < -0.39 is 0 Å². The van der Waals surface area contributed by atoms with Crippen LogP contribution < -0.4 is 0 Å². The van der Waals surface area contributed by atoms with E-state index in [0.29, 0.717) is 30.2 Å². The number of amides is 1. The Morgan fingerprint density at radius 3 is 2.72 bits per heavy atom. The molecule has 1 amide bonds. The van der Waals surface area contributed by atoms with Gasteiger partial charge in [-0.15, -0.1) is 0 Å². The molecule has 0 bridgehead atoms. The van der Waals surface area contributed by atoms with Crippen molar-refractivity contribution in [1.82, 2.24) is 9.88 Å². The molecule has 1 saturated heterocycles. The molecule has 1 aromatic heterocycles. The van der Waals surface area contributed by atoms with E-state index in [2.05, 4.69) is 16.7 Å². The number of aryl methyl sites for hydroxylation is 1. The number of carbonyl (C=O) groups is 1. The molecule has 1 N–H and O–H groups in total. The monoisotopic (exact) mass is 447 g/mol. The predicted molar refractivity (Wildman–Crippen MR) is 128 cm³/mol. The lowest BCUT2D eigenvalue weighted by Crippen LogP contribution is -2.37. The van der Waals surface area contributed by atoms with Gasteiger partial charge in [0, 0.05) is 36.1 Å². The number of nitrogens with zero attached hydrogens (tertiary/aromatic N) is 3. The average Bonchev–Trinajstić information content (AvgIpc) is 2.96. The van der Waals surface area contributed by atoms with Gasteiger partial charge in [0.1, 0.15) is 5.71 Å². The Balaban J connectivity index is 1.64. The number of oxime groups is 1. The van der Waals surface area contributed by atoms with Crippen molar-refractivity contribution in [2.75, 3.05) is 13.1 Å². The first-order valence-corrected chi connectivity index (χ1v) is 11.2. The summed E-state index contributed by atoms with van der Waals surface area (Å²) < 4.78 is 0. The van der Waals surface area contributed by atoms with E-state index in [9.17, 15) is 10.0 Å². The lowest BCUT2D eigenvalue weighted by Gasteiger charge is -2.30. The molecule has 0 saturated carbocycles. The van der Waals surface area contributed by atoms with E-state index >= 15 is 0 Å². The Bertz CT molecular complexity index is 1110. The highest BCUT2D eigenvalue weighted by Crippen LogP contribution is 2.37. The minimum atomic E-state index is 0.110. The molecule has 1 aliphatic heterocycles. The fraction of sp³-hybridized carbons (Fsp3) is 0.269. The zero-order valence-corrected chi connectivity index (χ0v) is 18.7. The third-order valence-corrected chi connectivity index (χ3v) is 6.35. The van der Waals surface area contributed by atoms with Gasteiger partial charge in [-0.2, -0.15) is 0 Å². The zero-order chi connectivity index (χ0) is 22.5. The van der Waals surface area contributed by atoms with E-state index in [1.54, 1.807) is 18.5 Å². The highest BCUT2D eigenvalue weighted by molar-refractivity contribution is 6.34. The lowest BCUT2D eigenvalue weighted by atomic mass is 9.87. The summed E-state index contributed by atoms with van der Waals surface area (Å²) in [6, 6.07) is 9.66. The predicted octanol–water partition coefficient (Wildman–Crippen LogP) is 5.24. The first kappa shape index (κ1) is 22.0. The topological polar surface area (TPSA) is 65.8 Å². The normalized spacial score (nSPS) is 19.1. The molecule has 2 aromatic rings. The van der Waals surface area contributed by atoms with Crippen molar-refractivity contribution in [3.63, 3.8) is 0 Å². The van der Waals surface area contributed by atoms with Gasteiger partial charge in [-0.05, 0) is 66.1 Å². The Morgan fingerprint density at radius 1 is 1.22 bits per heavy atom. The first-order valence-electron chi connectivity index (χ1n) is 10.8. The summed E-state index contributed by atoms with van der Waals surface area (Å²) in [4.78, 5) is 18.8. The second kappa shape index (κ2) is 9.96. The standard InChI is InChI=1S/C26H26ClN3O2/c1-2-4-20-6-7-21-16-22(27)8-9-23(21)25(26(20)29-32)19-10-13-30(14-11-19)24(31)15-18-5-3-12-28-17-18/h2-5,8-9,12,16-17,32H,1,6-7,10-11,13-15H2/b20-4-,29-26-. The second-order valence-electron chi connectivity index (χ2n) is 8.08. The molecule has 0 atom stereocenters. The van der Waals surface area contributed by atoms with Crippen LogP contribution in [0.25, 0.3) is 5.57 Å². The lowest BCUT2D eigenvalue weighted by molar-refractivity contribution is -0.130. The minimum absolute atomic E-state index is 0.110. The molecular formula is C26H26ClN3O2. The van der Waals surface area contributed by atoms with E-state index in [1.807, 2.05) is 41.3 Å². The summed E-state index contributed by atoms with van der Waals surface area (Å²) in [6.07, 6.45) is 10.5. The van der Waals surface area contributed by atoms with Crippen LogP contribution in [0.1, 0.15) is 36.0 Å². The highest BCUT2D eigenvalue weighted by atomic mass is 35.5. The van der Waals surface area contributed by atoms with Gasteiger partial charge in [0.25, 0.3) is 0 Å². The van der Waals surface area contributed by atoms with Crippen molar-refractivity contribution in [3.8, 4) is 0 Å². The van der Waals surface area contributed by atoms with Crippen LogP contribution in [0.2, 0.25) is 5.02 Å². The van der Waals surface area contributed by atoms with Gasteiger partial charge >= 0.3 is 0 Å². The number of piperidine rings is 1. The van der Waals surface area contributed by atoms with Crippen molar-refractivity contribution in [2.45, 2.75) is 32.1 Å². The summed E-state index contributed by atoms with van der Waals surface area (Å²) >= 11 is 6.28. The molecule has 32 heavy (non-hydrogen) atoms. The maximum atomic E-state index is 12.8. The summed E-state index contributed by atoms with van der Waals surface area (Å²) in [5, 5.41) is 14.4. The number of likely N-dealkylation sites (tertiary alicyclic amines) is 1. The molecule has 0 spiro atoms. The molecule has 164 valence electrons. The van der Waals surface area contributed by atoms with Gasteiger partial charge in [0.2, 0.25) is 5.91 Å². The van der Waals surface area contributed by atoms with E-state index in [0.717, 1.165) is 53.5 Å². The van der Waals surface area contributed by atoms with Gasteiger partial charge in [-0.3, -0.25) is 9.78 Å². The number of carbonyl (C=O) groups excluding carboxylic acids is 1. The summed E-state index contributed by atoms with van der Waals surface area (Å²) in [5.74, 6) is 0.110. The van der Waals surface area contributed by atoms with Crippen LogP contribution >= 0.6 is 11.6 Å². The fourth-order valence-electron chi connectivity index (χ4n) is 4.53. The molecule has 2 aliphatic rings. The number of hydrogen-bond acceptors (Lipinski definition) is 4. The summed E-state index contributed by atoms with van der Waals surface area (Å²) in [7, 11) is 0. The molecule has 5 nitrogen and oxygen atoms in total. The smallest absolute Gasteiger partial charge is 0.227 e. The maximum absolute atomic E-state index is 12.8. The minimum Gasteiger partial charge on any atom is -0.410 e. The average molecular weight is 448 g/mol. The highest BCUT2D eigenvalue weighted by Gasteiger charge is 2.28. The van der Waals surface area contributed by atoms with Gasteiger partial charge in [0.05, 0.1) is 6.42 Å². The van der Waals surface area contributed by atoms with Crippen molar-refractivity contribution in [3.05, 3.63) is 94.3 Å². The molecule has 4 rings (SSSR count). The largest absolute Gasteiger partial charge is 0.410 e. The number of pyridine rings is 1. The molecule has 6 heteroatoms. The van der Waals surface area contributed by atoms with Gasteiger partial charge in [0.15, 0.2) is 0 Å². The second-order valence-corrected chi connectivity index (χ2v) is 8.51. The van der Waals surface area contributed by atoms with Gasteiger partial charge < -0.3 is 10.1 Å². The summed E-state index contributed by atoms with van der Waals surface area (Å²) in [6.45, 7) is 5.10. The van der Waals surface area contributed by atoms with Crippen LogP contribution in [0.3, 0.4) is 0 Å². The van der Waals surface area contributed by atoms with E-state index in [1.165, 1.54) is 5.57 Å². The zero-order valence-electron chi connectivity index (χ0n) is 17.9. The molecule has 1 fully saturated rings. The van der Waals surface area contributed by atoms with Crippen molar-refractivity contribution in [2.24, 2.45) is 5.16 Å². The molecule has 0 unspecified atom stereocenters. The molecule has 1 aromatic carbocycles. The fourth-order valence-corrected chi connectivity index (χ4v) is 4.73. The van der Waals surface area contributed by atoms with Crippen molar-refractivity contribution in [1.29, 1.82) is 0 Å².